The van der Waals surface area contributed by atoms with E-state index >= 15 is 0 Å². The number of hydrogen-bond donors (Lipinski definition) is 1. The number of rotatable bonds is 10. The van der Waals surface area contributed by atoms with Gasteiger partial charge in [-0.1, -0.05) is 60.5 Å². The van der Waals surface area contributed by atoms with E-state index in [2.05, 4.69) is 5.32 Å². The van der Waals surface area contributed by atoms with Crippen LogP contribution in [0.3, 0.4) is 0 Å². The first-order valence-corrected chi connectivity index (χ1v) is 13.5. The summed E-state index contributed by atoms with van der Waals surface area (Å²) in [6, 6.07) is 20.2. The zero-order valence-electron chi connectivity index (χ0n) is 19.9. The molecule has 1 atom stereocenters. The standard InChI is InChI=1S/C26H27Cl2N3O4S/c1-3-24(26(33)29-2)30(17-19-9-11-20(27)12-10-19)25(32)18-31(22-15-13-21(28)14-16-22)36(34,35)23-7-5-4-6-8-23/h4-16,24H,3,17-18H2,1-2H3,(H,29,33)/t24-/m1/s1. The third kappa shape index (κ3) is 6.57. The van der Waals surface area contributed by atoms with Crippen molar-refractivity contribution in [2.75, 3.05) is 17.9 Å². The molecule has 1 N–H and O–H groups in total. The summed E-state index contributed by atoms with van der Waals surface area (Å²) in [6.07, 6.45) is 0.339. The number of halogens is 2. The Hall–Kier alpha value is -3.07. The Morgan fingerprint density at radius 2 is 1.44 bits per heavy atom. The molecule has 0 bridgehead atoms. The molecule has 0 radical (unpaired) electrons. The Morgan fingerprint density at radius 1 is 0.889 bits per heavy atom. The molecule has 0 unspecified atom stereocenters. The average Bonchev–Trinajstić information content (AvgIpc) is 2.89. The first-order valence-electron chi connectivity index (χ1n) is 11.3. The van der Waals surface area contributed by atoms with E-state index in [1.54, 1.807) is 61.5 Å². The normalized spacial score (nSPS) is 12.0. The van der Waals surface area contributed by atoms with Gasteiger partial charge < -0.3 is 10.2 Å². The number of benzene rings is 3. The minimum absolute atomic E-state index is 0.0374. The molecule has 0 aliphatic rings. The molecular weight excluding hydrogens is 521 g/mol. The van der Waals surface area contributed by atoms with E-state index in [9.17, 15) is 18.0 Å². The minimum Gasteiger partial charge on any atom is -0.357 e. The number of likely N-dealkylation sites (N-methyl/N-ethyl adjacent to an activating group) is 1. The van der Waals surface area contributed by atoms with Gasteiger partial charge in [0.25, 0.3) is 10.0 Å². The second kappa shape index (κ2) is 12.3. The lowest BCUT2D eigenvalue weighted by Crippen LogP contribution is -2.51. The maximum Gasteiger partial charge on any atom is 0.264 e. The van der Waals surface area contributed by atoms with Gasteiger partial charge in [0.1, 0.15) is 12.6 Å². The zero-order chi connectivity index (χ0) is 26.3. The summed E-state index contributed by atoms with van der Waals surface area (Å²) in [5.74, 6) is -0.876. The quantitative estimate of drug-likeness (QED) is 0.397. The van der Waals surface area contributed by atoms with Crippen molar-refractivity contribution in [3.8, 4) is 0 Å². The molecule has 0 saturated heterocycles. The zero-order valence-corrected chi connectivity index (χ0v) is 22.2. The fourth-order valence-corrected chi connectivity index (χ4v) is 5.42. The van der Waals surface area contributed by atoms with Crippen molar-refractivity contribution in [1.82, 2.24) is 10.2 Å². The number of nitrogens with zero attached hydrogens (tertiary/aromatic N) is 2. The molecule has 3 rings (SSSR count). The summed E-state index contributed by atoms with van der Waals surface area (Å²) in [6.45, 7) is 1.38. The van der Waals surface area contributed by atoms with Crippen LogP contribution in [-0.4, -0.2) is 44.8 Å². The maximum atomic E-state index is 13.8. The largest absolute Gasteiger partial charge is 0.357 e. The number of carbonyl (C=O) groups is 2. The SMILES string of the molecule is CC[C@H](C(=O)NC)N(Cc1ccc(Cl)cc1)C(=O)CN(c1ccc(Cl)cc1)S(=O)(=O)c1ccccc1. The first kappa shape index (κ1) is 27.5. The molecule has 0 aliphatic carbocycles. The lowest BCUT2D eigenvalue weighted by molar-refractivity contribution is -0.140. The van der Waals surface area contributed by atoms with E-state index in [-0.39, 0.29) is 23.0 Å². The van der Waals surface area contributed by atoms with Crippen LogP contribution in [0.4, 0.5) is 5.69 Å². The molecule has 0 spiro atoms. The highest BCUT2D eigenvalue weighted by Crippen LogP contribution is 2.26. The number of anilines is 1. The van der Waals surface area contributed by atoms with Crippen LogP contribution in [0, 0.1) is 0 Å². The molecule has 3 aromatic carbocycles. The van der Waals surface area contributed by atoms with Crippen LogP contribution in [0.25, 0.3) is 0 Å². The fraction of sp³-hybridized carbons (Fsp3) is 0.231. The van der Waals surface area contributed by atoms with E-state index in [4.69, 9.17) is 23.2 Å². The third-order valence-corrected chi connectivity index (χ3v) is 7.92. The van der Waals surface area contributed by atoms with Gasteiger partial charge in [0, 0.05) is 23.6 Å². The highest BCUT2D eigenvalue weighted by atomic mass is 35.5. The summed E-state index contributed by atoms with van der Waals surface area (Å²) >= 11 is 12.0. The van der Waals surface area contributed by atoms with Gasteiger partial charge in [0.05, 0.1) is 10.6 Å². The molecule has 0 heterocycles. The monoisotopic (exact) mass is 547 g/mol. The third-order valence-electron chi connectivity index (χ3n) is 5.62. The Morgan fingerprint density at radius 3 is 1.97 bits per heavy atom. The lowest BCUT2D eigenvalue weighted by atomic mass is 10.1. The Labute approximate surface area is 221 Å². The smallest absolute Gasteiger partial charge is 0.264 e. The molecule has 0 saturated carbocycles. The highest BCUT2D eigenvalue weighted by Gasteiger charge is 2.33. The van der Waals surface area contributed by atoms with E-state index in [1.165, 1.54) is 36.2 Å². The molecule has 0 aliphatic heterocycles. The van der Waals surface area contributed by atoms with Crippen molar-refractivity contribution in [3.05, 3.63) is 94.5 Å². The predicted octanol–water partition coefficient (Wildman–Crippen LogP) is 4.74. The summed E-state index contributed by atoms with van der Waals surface area (Å²) in [7, 11) is -2.61. The van der Waals surface area contributed by atoms with Gasteiger partial charge in [-0.3, -0.25) is 13.9 Å². The van der Waals surface area contributed by atoms with Crippen molar-refractivity contribution < 1.29 is 18.0 Å². The number of carbonyl (C=O) groups excluding carboxylic acids is 2. The van der Waals surface area contributed by atoms with E-state index in [0.29, 0.717) is 16.5 Å². The number of nitrogens with one attached hydrogen (secondary N) is 1. The van der Waals surface area contributed by atoms with Crippen LogP contribution in [-0.2, 0) is 26.2 Å². The molecule has 36 heavy (non-hydrogen) atoms. The van der Waals surface area contributed by atoms with Gasteiger partial charge in [-0.25, -0.2) is 8.42 Å². The summed E-state index contributed by atoms with van der Waals surface area (Å²) in [5, 5.41) is 3.56. The van der Waals surface area contributed by atoms with Gasteiger partial charge in [-0.2, -0.15) is 0 Å². The summed E-state index contributed by atoms with van der Waals surface area (Å²) < 4.78 is 28.3. The van der Waals surface area contributed by atoms with Gasteiger partial charge in [0.2, 0.25) is 11.8 Å². The second-order valence-corrected chi connectivity index (χ2v) is 10.7. The topological polar surface area (TPSA) is 86.8 Å². The lowest BCUT2D eigenvalue weighted by Gasteiger charge is -2.33. The van der Waals surface area contributed by atoms with Gasteiger partial charge in [-0.05, 0) is 60.5 Å². The summed E-state index contributed by atoms with van der Waals surface area (Å²) in [4.78, 5) is 27.9. The van der Waals surface area contributed by atoms with Gasteiger partial charge in [0.15, 0.2) is 0 Å². The molecule has 3 aromatic rings. The van der Waals surface area contributed by atoms with E-state index in [1.807, 2.05) is 0 Å². The average molecular weight is 548 g/mol. The molecule has 2 amide bonds. The van der Waals surface area contributed by atoms with Crippen LogP contribution >= 0.6 is 23.2 Å². The fourth-order valence-electron chi connectivity index (χ4n) is 3.73. The number of sulfonamides is 1. The minimum atomic E-state index is -4.11. The molecule has 7 nitrogen and oxygen atoms in total. The van der Waals surface area contributed by atoms with Gasteiger partial charge >= 0.3 is 0 Å². The van der Waals surface area contributed by atoms with Crippen molar-refractivity contribution in [3.63, 3.8) is 0 Å². The van der Waals surface area contributed by atoms with Crippen molar-refractivity contribution >= 4 is 50.7 Å². The van der Waals surface area contributed by atoms with Crippen LogP contribution in [0.15, 0.2) is 83.8 Å². The van der Waals surface area contributed by atoms with E-state index < -0.39 is 28.5 Å². The number of hydrogen-bond acceptors (Lipinski definition) is 4. The van der Waals surface area contributed by atoms with Crippen molar-refractivity contribution in [2.45, 2.75) is 30.8 Å². The molecule has 0 aromatic heterocycles. The molecular formula is C26H27Cl2N3O4S. The highest BCUT2D eigenvalue weighted by molar-refractivity contribution is 7.92. The predicted molar refractivity (Wildman–Crippen MR) is 143 cm³/mol. The number of amides is 2. The Kier molecular flexibility index (Phi) is 9.37. The van der Waals surface area contributed by atoms with Crippen LogP contribution in [0.1, 0.15) is 18.9 Å². The van der Waals surface area contributed by atoms with Crippen LogP contribution < -0.4 is 9.62 Å². The maximum absolute atomic E-state index is 13.8. The van der Waals surface area contributed by atoms with Crippen molar-refractivity contribution in [2.24, 2.45) is 0 Å². The first-order chi connectivity index (χ1) is 17.2. The second-order valence-electron chi connectivity index (χ2n) is 7.99. The molecule has 0 fully saturated rings. The van der Waals surface area contributed by atoms with Crippen molar-refractivity contribution in [1.29, 1.82) is 0 Å². The molecule has 10 heteroatoms. The summed E-state index contributed by atoms with van der Waals surface area (Å²) in [5.41, 5.74) is 1.02. The van der Waals surface area contributed by atoms with Gasteiger partial charge in [-0.15, -0.1) is 0 Å². The Balaban J connectivity index is 2.03. The van der Waals surface area contributed by atoms with E-state index in [0.717, 1.165) is 9.87 Å². The molecule has 190 valence electrons. The Bertz CT molecular complexity index is 1290. The van der Waals surface area contributed by atoms with Crippen LogP contribution in [0.2, 0.25) is 10.0 Å². The van der Waals surface area contributed by atoms with Crippen LogP contribution in [0.5, 0.6) is 0 Å².